The van der Waals surface area contributed by atoms with E-state index in [0.29, 0.717) is 17.2 Å². The standard InChI is InChI=1S/C13H13N3O6/c1-20-9-6-8(7-10(21-2)12(9)22-3)13(17)15-5-4-11(14-15)16(18)19/h4-7H,1-3H3. The molecular weight excluding hydrogens is 294 g/mol. The van der Waals surface area contributed by atoms with Crippen molar-refractivity contribution in [3.63, 3.8) is 0 Å². The highest BCUT2D eigenvalue weighted by atomic mass is 16.6. The van der Waals surface area contributed by atoms with E-state index in [-0.39, 0.29) is 5.56 Å². The van der Waals surface area contributed by atoms with Gasteiger partial charge < -0.3 is 24.3 Å². The van der Waals surface area contributed by atoms with Crippen LogP contribution < -0.4 is 14.2 Å². The van der Waals surface area contributed by atoms with Crippen LogP contribution >= 0.6 is 0 Å². The molecule has 116 valence electrons. The van der Waals surface area contributed by atoms with Crippen LogP contribution in [0.3, 0.4) is 0 Å². The first-order valence-corrected chi connectivity index (χ1v) is 6.06. The Balaban J connectivity index is 2.46. The summed E-state index contributed by atoms with van der Waals surface area (Å²) >= 11 is 0. The van der Waals surface area contributed by atoms with Crippen LogP contribution in [0.1, 0.15) is 10.4 Å². The average molecular weight is 307 g/mol. The van der Waals surface area contributed by atoms with E-state index in [1.165, 1.54) is 39.7 Å². The summed E-state index contributed by atoms with van der Waals surface area (Å²) in [5.41, 5.74) is 0.187. The highest BCUT2D eigenvalue weighted by Gasteiger charge is 2.22. The number of nitrogens with zero attached hydrogens (tertiary/aromatic N) is 3. The lowest BCUT2D eigenvalue weighted by molar-refractivity contribution is -0.389. The second kappa shape index (κ2) is 6.12. The molecule has 0 spiro atoms. The SMILES string of the molecule is COc1cc(C(=O)n2ccc([N+](=O)[O-])n2)cc(OC)c1OC. The van der Waals surface area contributed by atoms with Gasteiger partial charge in [-0.3, -0.25) is 4.79 Å². The molecule has 0 bridgehead atoms. The van der Waals surface area contributed by atoms with E-state index in [2.05, 4.69) is 5.10 Å². The summed E-state index contributed by atoms with van der Waals surface area (Å²) in [5.74, 6) is -0.0418. The van der Waals surface area contributed by atoms with Crippen molar-refractivity contribution < 1.29 is 23.9 Å². The summed E-state index contributed by atoms with van der Waals surface area (Å²) in [7, 11) is 4.29. The minimum atomic E-state index is -0.682. The Morgan fingerprint density at radius 2 is 1.77 bits per heavy atom. The minimum absolute atomic E-state index is 0.187. The zero-order valence-corrected chi connectivity index (χ0v) is 12.1. The monoisotopic (exact) mass is 307 g/mol. The van der Waals surface area contributed by atoms with E-state index in [1.54, 1.807) is 0 Å². The van der Waals surface area contributed by atoms with Crippen molar-refractivity contribution in [2.45, 2.75) is 0 Å². The summed E-state index contributed by atoms with van der Waals surface area (Å²) in [5, 5.41) is 14.2. The Morgan fingerprint density at radius 3 is 2.18 bits per heavy atom. The van der Waals surface area contributed by atoms with Gasteiger partial charge in [0.15, 0.2) is 11.5 Å². The van der Waals surface area contributed by atoms with E-state index in [9.17, 15) is 14.9 Å². The van der Waals surface area contributed by atoms with Crippen molar-refractivity contribution in [2.75, 3.05) is 21.3 Å². The topological polar surface area (TPSA) is 106 Å². The summed E-state index contributed by atoms with van der Waals surface area (Å²) < 4.78 is 16.3. The number of nitro groups is 1. The second-order valence-corrected chi connectivity index (χ2v) is 4.09. The van der Waals surface area contributed by atoms with Crippen LogP contribution in [0.4, 0.5) is 5.82 Å². The van der Waals surface area contributed by atoms with E-state index in [4.69, 9.17) is 14.2 Å². The predicted molar refractivity (Wildman–Crippen MR) is 74.7 cm³/mol. The highest BCUT2D eigenvalue weighted by molar-refractivity contribution is 5.96. The summed E-state index contributed by atoms with van der Waals surface area (Å²) in [6, 6.07) is 4.02. The molecule has 0 saturated heterocycles. The van der Waals surface area contributed by atoms with Crippen molar-refractivity contribution >= 4 is 11.7 Å². The van der Waals surface area contributed by atoms with E-state index in [1.807, 2.05) is 0 Å². The number of aromatic nitrogens is 2. The van der Waals surface area contributed by atoms with Crippen molar-refractivity contribution in [3.8, 4) is 17.2 Å². The molecule has 0 radical (unpaired) electrons. The molecule has 0 aliphatic heterocycles. The van der Waals surface area contributed by atoms with Crippen molar-refractivity contribution in [2.24, 2.45) is 0 Å². The number of hydrogen-bond acceptors (Lipinski definition) is 7. The lowest BCUT2D eigenvalue weighted by Gasteiger charge is -2.13. The third-order valence-corrected chi connectivity index (χ3v) is 2.88. The third-order valence-electron chi connectivity index (χ3n) is 2.88. The van der Waals surface area contributed by atoms with Gasteiger partial charge in [-0.15, -0.1) is 4.68 Å². The summed E-state index contributed by atoms with van der Waals surface area (Å²) in [6.45, 7) is 0. The quantitative estimate of drug-likeness (QED) is 0.608. The predicted octanol–water partition coefficient (Wildman–Crippen LogP) is 1.51. The van der Waals surface area contributed by atoms with Crippen LogP contribution in [0.2, 0.25) is 0 Å². The number of methoxy groups -OCH3 is 3. The number of rotatable bonds is 5. The van der Waals surface area contributed by atoms with Crippen molar-refractivity contribution in [1.29, 1.82) is 0 Å². The van der Waals surface area contributed by atoms with Crippen molar-refractivity contribution in [3.05, 3.63) is 40.1 Å². The fraction of sp³-hybridized carbons (Fsp3) is 0.231. The van der Waals surface area contributed by atoms with Crippen LogP contribution in [0.25, 0.3) is 0 Å². The molecule has 0 N–H and O–H groups in total. The van der Waals surface area contributed by atoms with Gasteiger partial charge in [0.1, 0.15) is 0 Å². The van der Waals surface area contributed by atoms with Gasteiger partial charge in [-0.2, -0.15) is 0 Å². The zero-order chi connectivity index (χ0) is 16.3. The van der Waals surface area contributed by atoms with Gasteiger partial charge in [0.05, 0.1) is 44.3 Å². The molecule has 22 heavy (non-hydrogen) atoms. The van der Waals surface area contributed by atoms with Crippen LogP contribution in [0, 0.1) is 10.1 Å². The normalized spacial score (nSPS) is 10.1. The fourth-order valence-electron chi connectivity index (χ4n) is 1.86. The van der Waals surface area contributed by atoms with Crippen LogP contribution in [-0.2, 0) is 0 Å². The maximum absolute atomic E-state index is 12.3. The molecule has 2 aromatic rings. The number of ether oxygens (including phenoxy) is 3. The largest absolute Gasteiger partial charge is 0.493 e. The van der Waals surface area contributed by atoms with Crippen LogP contribution in [0.15, 0.2) is 24.4 Å². The van der Waals surface area contributed by atoms with Gasteiger partial charge in [-0.1, -0.05) is 0 Å². The first-order chi connectivity index (χ1) is 10.5. The molecule has 0 aliphatic carbocycles. The van der Waals surface area contributed by atoms with Crippen LogP contribution in [-0.4, -0.2) is 41.9 Å². The lowest BCUT2D eigenvalue weighted by atomic mass is 10.1. The Kier molecular flexibility index (Phi) is 4.25. The Hall–Kier alpha value is -3.10. The molecule has 0 atom stereocenters. The molecule has 0 fully saturated rings. The molecule has 1 aromatic heterocycles. The van der Waals surface area contributed by atoms with Gasteiger partial charge in [0.25, 0.3) is 5.91 Å². The van der Waals surface area contributed by atoms with Crippen molar-refractivity contribution in [1.82, 2.24) is 9.78 Å². The third kappa shape index (κ3) is 2.68. The van der Waals surface area contributed by atoms with Gasteiger partial charge in [0.2, 0.25) is 5.75 Å². The van der Waals surface area contributed by atoms with E-state index in [0.717, 1.165) is 10.7 Å². The Bertz CT molecular complexity index is 699. The summed E-state index contributed by atoms with van der Waals surface area (Å²) in [4.78, 5) is 22.3. The molecule has 0 amide bonds. The molecular formula is C13H13N3O6. The molecule has 0 unspecified atom stereocenters. The van der Waals surface area contributed by atoms with Gasteiger partial charge in [-0.25, -0.2) is 0 Å². The highest BCUT2D eigenvalue weighted by Crippen LogP contribution is 2.38. The zero-order valence-electron chi connectivity index (χ0n) is 12.1. The maximum Gasteiger partial charge on any atom is 0.390 e. The van der Waals surface area contributed by atoms with Gasteiger partial charge >= 0.3 is 5.82 Å². The van der Waals surface area contributed by atoms with E-state index >= 15 is 0 Å². The molecule has 1 heterocycles. The number of benzene rings is 1. The molecule has 1 aromatic carbocycles. The molecule has 0 aliphatic rings. The maximum atomic E-state index is 12.3. The summed E-state index contributed by atoms with van der Waals surface area (Å²) in [6.07, 6.45) is 1.21. The van der Waals surface area contributed by atoms with Gasteiger partial charge in [-0.05, 0) is 17.1 Å². The number of carbonyl (C=O) groups is 1. The lowest BCUT2D eigenvalue weighted by Crippen LogP contribution is -2.13. The van der Waals surface area contributed by atoms with Crippen LogP contribution in [0.5, 0.6) is 17.2 Å². The number of carbonyl (C=O) groups excluding carboxylic acids is 1. The van der Waals surface area contributed by atoms with E-state index < -0.39 is 16.6 Å². The average Bonchev–Trinajstić information content (AvgIpc) is 3.02. The molecule has 9 heteroatoms. The fourth-order valence-corrected chi connectivity index (χ4v) is 1.86. The molecule has 9 nitrogen and oxygen atoms in total. The smallest absolute Gasteiger partial charge is 0.390 e. The first-order valence-electron chi connectivity index (χ1n) is 6.06. The van der Waals surface area contributed by atoms with Gasteiger partial charge in [0, 0.05) is 0 Å². The Labute approximate surface area is 125 Å². The first kappa shape index (κ1) is 15.3. The minimum Gasteiger partial charge on any atom is -0.493 e. The number of hydrogen-bond donors (Lipinski definition) is 0. The molecule has 0 saturated carbocycles. The second-order valence-electron chi connectivity index (χ2n) is 4.09. The molecule has 2 rings (SSSR count). The Morgan fingerprint density at radius 1 is 1.18 bits per heavy atom.